The van der Waals surface area contributed by atoms with Crippen LogP contribution in [0, 0.1) is 0 Å². The molecule has 34 heavy (non-hydrogen) atoms. The fourth-order valence-corrected chi connectivity index (χ4v) is 3.74. The molecule has 1 aliphatic rings. The van der Waals surface area contributed by atoms with Crippen molar-refractivity contribution in [3.8, 4) is 11.5 Å². The van der Waals surface area contributed by atoms with Crippen LogP contribution in [-0.4, -0.2) is 48.7 Å². The average molecular weight is 462 g/mol. The number of amides is 1. The van der Waals surface area contributed by atoms with E-state index in [4.69, 9.17) is 14.2 Å². The number of rotatable bonds is 10. The van der Waals surface area contributed by atoms with Gasteiger partial charge in [-0.05, 0) is 53.9 Å². The molecule has 0 radical (unpaired) electrons. The number of morpholine rings is 1. The molecule has 1 amide bonds. The van der Waals surface area contributed by atoms with E-state index in [1.807, 2.05) is 19.1 Å². The van der Waals surface area contributed by atoms with Crippen molar-refractivity contribution in [2.24, 2.45) is 0 Å². The molecule has 178 valence electrons. The zero-order valence-corrected chi connectivity index (χ0v) is 19.5. The Labute approximate surface area is 200 Å². The van der Waals surface area contributed by atoms with Crippen molar-refractivity contribution in [1.82, 2.24) is 15.2 Å². The van der Waals surface area contributed by atoms with Crippen molar-refractivity contribution in [3.05, 3.63) is 89.2 Å². The molecule has 1 aromatic heterocycles. The number of pyridine rings is 1. The predicted molar refractivity (Wildman–Crippen MR) is 130 cm³/mol. The van der Waals surface area contributed by atoms with Crippen LogP contribution in [0.25, 0.3) is 0 Å². The Kier molecular flexibility index (Phi) is 8.48. The van der Waals surface area contributed by atoms with Gasteiger partial charge in [-0.2, -0.15) is 0 Å². The van der Waals surface area contributed by atoms with E-state index in [-0.39, 0.29) is 5.91 Å². The highest BCUT2D eigenvalue weighted by atomic mass is 16.5. The average Bonchev–Trinajstić information content (AvgIpc) is 2.89. The number of nitrogens with one attached hydrogen (secondary N) is 1. The molecule has 0 saturated carbocycles. The van der Waals surface area contributed by atoms with Crippen LogP contribution < -0.4 is 14.8 Å². The minimum Gasteiger partial charge on any atom is -0.490 e. The first kappa shape index (κ1) is 23.7. The van der Waals surface area contributed by atoms with E-state index < -0.39 is 0 Å². The summed E-state index contributed by atoms with van der Waals surface area (Å²) in [5, 5.41) is 2.99. The van der Waals surface area contributed by atoms with Crippen molar-refractivity contribution >= 4 is 5.91 Å². The van der Waals surface area contributed by atoms with Crippen LogP contribution in [0.1, 0.15) is 34.0 Å². The fourth-order valence-electron chi connectivity index (χ4n) is 3.74. The smallest absolute Gasteiger partial charge is 0.251 e. The van der Waals surface area contributed by atoms with Crippen molar-refractivity contribution in [3.63, 3.8) is 0 Å². The quantitative estimate of drug-likeness (QED) is 0.495. The van der Waals surface area contributed by atoms with Crippen LogP contribution in [0.2, 0.25) is 0 Å². The Morgan fingerprint density at radius 2 is 1.68 bits per heavy atom. The number of hydrogen-bond donors (Lipinski definition) is 1. The van der Waals surface area contributed by atoms with Gasteiger partial charge >= 0.3 is 0 Å². The van der Waals surface area contributed by atoms with E-state index in [0.29, 0.717) is 36.8 Å². The molecule has 0 bridgehead atoms. The highest BCUT2D eigenvalue weighted by Gasteiger charge is 2.13. The van der Waals surface area contributed by atoms with Crippen LogP contribution in [0.5, 0.6) is 11.5 Å². The number of nitrogens with zero attached hydrogens (tertiary/aromatic N) is 2. The first-order valence-corrected chi connectivity index (χ1v) is 11.7. The summed E-state index contributed by atoms with van der Waals surface area (Å²) in [6.45, 7) is 7.70. The Balaban J connectivity index is 1.32. The Morgan fingerprint density at radius 1 is 0.941 bits per heavy atom. The summed E-state index contributed by atoms with van der Waals surface area (Å²) < 4.78 is 17.0. The van der Waals surface area contributed by atoms with Gasteiger partial charge in [-0.3, -0.25) is 14.7 Å². The van der Waals surface area contributed by atoms with Crippen molar-refractivity contribution in [2.45, 2.75) is 26.6 Å². The lowest BCUT2D eigenvalue weighted by Gasteiger charge is -2.26. The summed E-state index contributed by atoms with van der Waals surface area (Å²) in [7, 11) is 0. The molecule has 7 heteroatoms. The highest BCUT2D eigenvalue weighted by Crippen LogP contribution is 2.29. The number of hydrogen-bond acceptors (Lipinski definition) is 6. The van der Waals surface area contributed by atoms with Crippen LogP contribution in [0.15, 0.2) is 67.0 Å². The second-order valence-corrected chi connectivity index (χ2v) is 8.13. The van der Waals surface area contributed by atoms with Crippen LogP contribution in [0.4, 0.5) is 0 Å². The second kappa shape index (κ2) is 12.2. The summed E-state index contributed by atoms with van der Waals surface area (Å²) in [5.74, 6) is 1.00. The number of carbonyl (C=O) groups is 1. The SMILES string of the molecule is CCOc1cc(C(=O)NCc2ccc(CN3CCOCC3)cc2)ccc1OCc1ccncc1. The van der Waals surface area contributed by atoms with Crippen LogP contribution in [-0.2, 0) is 24.4 Å². The van der Waals surface area contributed by atoms with E-state index in [2.05, 4.69) is 39.5 Å². The van der Waals surface area contributed by atoms with Crippen molar-refractivity contribution < 1.29 is 19.0 Å². The standard InChI is InChI=1S/C27H31N3O4/c1-2-33-26-17-24(7-8-25(26)34-20-23-9-11-28-12-10-23)27(31)29-18-21-3-5-22(6-4-21)19-30-13-15-32-16-14-30/h3-12,17H,2,13-16,18-20H2,1H3,(H,29,31). The molecular formula is C27H31N3O4. The van der Waals surface area contributed by atoms with Crippen molar-refractivity contribution in [1.29, 1.82) is 0 Å². The Morgan fingerprint density at radius 3 is 2.41 bits per heavy atom. The zero-order chi connectivity index (χ0) is 23.6. The molecule has 1 fully saturated rings. The molecule has 0 spiro atoms. The Bertz CT molecular complexity index is 1050. The van der Waals surface area contributed by atoms with Gasteiger partial charge in [0, 0.05) is 44.1 Å². The largest absolute Gasteiger partial charge is 0.490 e. The lowest BCUT2D eigenvalue weighted by Crippen LogP contribution is -2.35. The summed E-state index contributed by atoms with van der Waals surface area (Å²) in [6, 6.07) is 17.4. The Hall–Kier alpha value is -3.42. The van der Waals surface area contributed by atoms with E-state index in [0.717, 1.165) is 44.0 Å². The first-order valence-electron chi connectivity index (χ1n) is 11.7. The second-order valence-electron chi connectivity index (χ2n) is 8.13. The maximum Gasteiger partial charge on any atom is 0.251 e. The van der Waals surface area contributed by atoms with Gasteiger partial charge in [-0.25, -0.2) is 0 Å². The number of benzene rings is 2. The van der Waals surface area contributed by atoms with E-state index in [9.17, 15) is 4.79 Å². The van der Waals surface area contributed by atoms with Gasteiger partial charge in [0.1, 0.15) is 6.61 Å². The van der Waals surface area contributed by atoms with E-state index in [1.54, 1.807) is 30.6 Å². The zero-order valence-electron chi connectivity index (χ0n) is 19.5. The minimum absolute atomic E-state index is 0.154. The summed E-state index contributed by atoms with van der Waals surface area (Å²) in [4.78, 5) is 19.2. The van der Waals surface area contributed by atoms with Gasteiger partial charge in [-0.15, -0.1) is 0 Å². The monoisotopic (exact) mass is 461 g/mol. The highest BCUT2D eigenvalue weighted by molar-refractivity contribution is 5.94. The molecule has 0 aliphatic carbocycles. The van der Waals surface area contributed by atoms with Crippen LogP contribution >= 0.6 is 0 Å². The molecule has 2 heterocycles. The lowest BCUT2D eigenvalue weighted by molar-refractivity contribution is 0.0342. The summed E-state index contributed by atoms with van der Waals surface area (Å²) in [5.41, 5.74) is 3.86. The molecule has 3 aromatic rings. The summed E-state index contributed by atoms with van der Waals surface area (Å²) in [6.07, 6.45) is 3.46. The molecule has 1 aliphatic heterocycles. The van der Waals surface area contributed by atoms with Crippen LogP contribution in [0.3, 0.4) is 0 Å². The minimum atomic E-state index is -0.154. The number of aromatic nitrogens is 1. The molecule has 0 atom stereocenters. The normalized spacial score (nSPS) is 13.9. The van der Waals surface area contributed by atoms with Gasteiger partial charge in [-0.1, -0.05) is 24.3 Å². The molecule has 1 saturated heterocycles. The lowest BCUT2D eigenvalue weighted by atomic mass is 10.1. The van der Waals surface area contributed by atoms with Crippen molar-refractivity contribution in [2.75, 3.05) is 32.9 Å². The third kappa shape index (κ3) is 6.79. The molecule has 4 rings (SSSR count). The maximum absolute atomic E-state index is 12.8. The number of ether oxygens (including phenoxy) is 3. The third-order valence-electron chi connectivity index (χ3n) is 5.64. The topological polar surface area (TPSA) is 72.9 Å². The van der Waals surface area contributed by atoms with Gasteiger partial charge < -0.3 is 19.5 Å². The molecule has 2 aromatic carbocycles. The molecular weight excluding hydrogens is 430 g/mol. The fraction of sp³-hybridized carbons (Fsp3) is 0.333. The van der Waals surface area contributed by atoms with Gasteiger partial charge in [0.25, 0.3) is 5.91 Å². The molecule has 7 nitrogen and oxygen atoms in total. The van der Waals surface area contributed by atoms with E-state index in [1.165, 1.54) is 5.56 Å². The third-order valence-corrected chi connectivity index (χ3v) is 5.64. The molecule has 0 unspecified atom stereocenters. The number of carbonyl (C=O) groups excluding carboxylic acids is 1. The maximum atomic E-state index is 12.8. The van der Waals surface area contributed by atoms with Gasteiger partial charge in [0.05, 0.1) is 19.8 Å². The molecule has 1 N–H and O–H groups in total. The van der Waals surface area contributed by atoms with Gasteiger partial charge in [0.2, 0.25) is 0 Å². The first-order chi connectivity index (χ1) is 16.7. The predicted octanol–water partition coefficient (Wildman–Crippen LogP) is 3.82. The van der Waals surface area contributed by atoms with E-state index >= 15 is 0 Å². The van der Waals surface area contributed by atoms with Gasteiger partial charge in [0.15, 0.2) is 11.5 Å². The summed E-state index contributed by atoms with van der Waals surface area (Å²) >= 11 is 0.